The molecule has 0 aliphatic rings. The molecule has 0 aliphatic heterocycles. The van der Waals surface area contributed by atoms with Gasteiger partial charge in [-0.25, -0.2) is 0 Å². The smallest absolute Gasteiger partial charge is 0.279 e. The molecule has 0 fully saturated rings. The number of ether oxygens (including phenoxy) is 1. The first-order chi connectivity index (χ1) is 11.9. The third-order valence-electron chi connectivity index (χ3n) is 2.84. The summed E-state index contributed by atoms with van der Waals surface area (Å²) in [4.78, 5) is 24.3. The maximum Gasteiger partial charge on any atom is 0.279 e. The lowest BCUT2D eigenvalue weighted by Crippen LogP contribution is -2.50. The molecule has 1 aromatic carbocycles. The number of hydrogen-bond donors (Lipinski definition) is 3. The summed E-state index contributed by atoms with van der Waals surface area (Å²) in [6, 6.07) is 8.08. The minimum Gasteiger partial charge on any atom is -0.479 e. The molecule has 0 spiro atoms. The van der Waals surface area contributed by atoms with Crippen LogP contribution in [0.1, 0.15) is 16.6 Å². The number of rotatable bonds is 4. The number of carbonyl (C=O) groups is 2. The first-order valence-electron chi connectivity index (χ1n) is 6.93. The van der Waals surface area contributed by atoms with Gasteiger partial charge in [0.1, 0.15) is 5.75 Å². The van der Waals surface area contributed by atoms with Crippen LogP contribution in [-0.2, 0) is 4.79 Å². The van der Waals surface area contributed by atoms with E-state index in [1.807, 2.05) is 0 Å². The van der Waals surface area contributed by atoms with Crippen LogP contribution in [-0.4, -0.2) is 23.0 Å². The van der Waals surface area contributed by atoms with Gasteiger partial charge in [-0.15, -0.1) is 11.3 Å². The number of amides is 2. The zero-order chi connectivity index (χ0) is 18.4. The van der Waals surface area contributed by atoms with Crippen LogP contribution in [0.5, 0.6) is 5.75 Å². The quantitative estimate of drug-likeness (QED) is 0.525. The zero-order valence-electron chi connectivity index (χ0n) is 12.8. The third-order valence-corrected chi connectivity index (χ3v) is 4.44. The van der Waals surface area contributed by atoms with Crippen LogP contribution in [0.2, 0.25) is 10.0 Å². The molecule has 0 aliphatic carbocycles. The Kier molecular flexibility index (Phi) is 7.01. The highest BCUT2D eigenvalue weighted by atomic mass is 35.5. The summed E-state index contributed by atoms with van der Waals surface area (Å²) in [5.74, 6) is -0.545. The first-order valence-corrected chi connectivity index (χ1v) is 8.97. The van der Waals surface area contributed by atoms with E-state index in [0.29, 0.717) is 15.6 Å². The number of nitrogens with one attached hydrogen (secondary N) is 3. The van der Waals surface area contributed by atoms with E-state index in [1.165, 1.54) is 24.3 Å². The molecule has 1 aromatic heterocycles. The Bertz CT molecular complexity index is 784. The van der Waals surface area contributed by atoms with Crippen LogP contribution >= 0.6 is 46.8 Å². The van der Waals surface area contributed by atoms with Gasteiger partial charge in [0.25, 0.3) is 11.8 Å². The van der Waals surface area contributed by atoms with E-state index < -0.39 is 12.0 Å². The van der Waals surface area contributed by atoms with Gasteiger partial charge in [-0.3, -0.25) is 25.8 Å². The van der Waals surface area contributed by atoms with Crippen LogP contribution < -0.4 is 20.9 Å². The highest BCUT2D eigenvalue weighted by Crippen LogP contribution is 2.28. The lowest BCUT2D eigenvalue weighted by Gasteiger charge is -2.16. The number of hydrogen-bond acceptors (Lipinski definition) is 5. The van der Waals surface area contributed by atoms with Crippen LogP contribution in [0.4, 0.5) is 0 Å². The topological polar surface area (TPSA) is 79.5 Å². The minimum atomic E-state index is -0.869. The molecule has 3 N–H and O–H groups in total. The molecule has 0 saturated carbocycles. The molecule has 0 saturated heterocycles. The van der Waals surface area contributed by atoms with Crippen molar-refractivity contribution in [1.82, 2.24) is 16.2 Å². The fraction of sp³-hybridized carbons (Fsp3) is 0.133. The number of thiophene rings is 1. The van der Waals surface area contributed by atoms with E-state index in [9.17, 15) is 9.59 Å². The van der Waals surface area contributed by atoms with Crippen molar-refractivity contribution in [3.05, 3.63) is 50.6 Å². The average Bonchev–Trinajstić information content (AvgIpc) is 3.09. The number of carbonyl (C=O) groups excluding carboxylic acids is 2. The normalized spacial score (nSPS) is 11.3. The second-order valence-electron chi connectivity index (χ2n) is 4.71. The van der Waals surface area contributed by atoms with Crippen molar-refractivity contribution in [2.75, 3.05) is 0 Å². The second-order valence-corrected chi connectivity index (χ2v) is 6.91. The van der Waals surface area contributed by atoms with E-state index in [4.69, 9.17) is 40.2 Å². The Labute approximate surface area is 163 Å². The molecule has 6 nitrogen and oxygen atoms in total. The van der Waals surface area contributed by atoms with E-state index in [1.54, 1.807) is 29.6 Å². The number of benzene rings is 1. The van der Waals surface area contributed by atoms with Crippen LogP contribution in [0.3, 0.4) is 0 Å². The van der Waals surface area contributed by atoms with Crippen molar-refractivity contribution >= 4 is 63.7 Å². The monoisotopic (exact) mass is 417 g/mol. The molecule has 0 radical (unpaired) electrons. The van der Waals surface area contributed by atoms with Crippen LogP contribution in [0.15, 0.2) is 35.7 Å². The zero-order valence-corrected chi connectivity index (χ0v) is 16.0. The van der Waals surface area contributed by atoms with E-state index in [0.717, 1.165) is 0 Å². The molecule has 10 heteroatoms. The average molecular weight is 418 g/mol. The van der Waals surface area contributed by atoms with Crippen molar-refractivity contribution in [3.8, 4) is 5.75 Å². The second kappa shape index (κ2) is 9.00. The van der Waals surface area contributed by atoms with Crippen molar-refractivity contribution in [2.24, 2.45) is 0 Å². The Morgan fingerprint density at radius 3 is 2.64 bits per heavy atom. The molecular weight excluding hydrogens is 405 g/mol. The molecule has 2 amide bonds. The summed E-state index contributed by atoms with van der Waals surface area (Å²) in [6.07, 6.45) is -0.869. The summed E-state index contributed by atoms with van der Waals surface area (Å²) in [6.45, 7) is 1.53. The maximum atomic E-state index is 12.1. The Hall–Kier alpha value is -1.87. The number of thiocarbonyl (C=S) groups is 1. The summed E-state index contributed by atoms with van der Waals surface area (Å²) < 4.78 is 5.47. The summed E-state index contributed by atoms with van der Waals surface area (Å²) >= 11 is 18.0. The molecule has 2 rings (SSSR count). The molecule has 1 unspecified atom stereocenters. The van der Waals surface area contributed by atoms with E-state index >= 15 is 0 Å². The van der Waals surface area contributed by atoms with Gasteiger partial charge in [-0.2, -0.15) is 0 Å². The highest BCUT2D eigenvalue weighted by Gasteiger charge is 2.18. The van der Waals surface area contributed by atoms with Gasteiger partial charge in [-0.05, 0) is 48.8 Å². The van der Waals surface area contributed by atoms with Crippen LogP contribution in [0, 0.1) is 0 Å². The Balaban J connectivity index is 1.81. The van der Waals surface area contributed by atoms with Gasteiger partial charge in [0, 0.05) is 5.02 Å². The first kappa shape index (κ1) is 19.5. The predicted octanol–water partition coefficient (Wildman–Crippen LogP) is 3.16. The van der Waals surface area contributed by atoms with Gasteiger partial charge in [0.15, 0.2) is 11.2 Å². The van der Waals surface area contributed by atoms with E-state index in [2.05, 4.69) is 16.2 Å². The van der Waals surface area contributed by atoms with Crippen molar-refractivity contribution < 1.29 is 14.3 Å². The summed E-state index contributed by atoms with van der Waals surface area (Å²) in [5, 5.41) is 4.87. The Morgan fingerprint density at radius 1 is 1.24 bits per heavy atom. The fourth-order valence-electron chi connectivity index (χ4n) is 1.64. The lowest BCUT2D eigenvalue weighted by atomic mass is 10.3. The van der Waals surface area contributed by atoms with Gasteiger partial charge in [0.2, 0.25) is 0 Å². The van der Waals surface area contributed by atoms with E-state index in [-0.39, 0.29) is 16.0 Å². The fourth-order valence-corrected chi connectivity index (χ4v) is 2.87. The third kappa shape index (κ3) is 5.86. The molecule has 25 heavy (non-hydrogen) atoms. The van der Waals surface area contributed by atoms with Crippen molar-refractivity contribution in [1.29, 1.82) is 0 Å². The molecule has 2 aromatic rings. The molecular formula is C15H13Cl2N3O3S2. The molecule has 1 atom stereocenters. The Morgan fingerprint density at radius 2 is 2.00 bits per heavy atom. The molecule has 132 valence electrons. The van der Waals surface area contributed by atoms with Gasteiger partial charge in [-0.1, -0.05) is 29.3 Å². The summed E-state index contributed by atoms with van der Waals surface area (Å²) in [7, 11) is 0. The largest absolute Gasteiger partial charge is 0.479 e. The highest BCUT2D eigenvalue weighted by molar-refractivity contribution is 7.80. The molecule has 0 bridgehead atoms. The number of hydrazine groups is 1. The van der Waals surface area contributed by atoms with Crippen molar-refractivity contribution in [3.63, 3.8) is 0 Å². The lowest BCUT2D eigenvalue weighted by molar-refractivity contribution is -0.125. The maximum absolute atomic E-state index is 12.1. The van der Waals surface area contributed by atoms with Gasteiger partial charge in [0.05, 0.1) is 9.90 Å². The molecule has 1 heterocycles. The number of halogens is 2. The standard InChI is InChI=1S/C15H13Cl2N3O3S2/c1-8(23-11-5-4-9(16)7-10(11)17)13(21)18-15(24)20-19-14(22)12-3-2-6-25-12/h2-8H,1H3,(H,19,22)(H2,18,20,21,24). The predicted molar refractivity (Wildman–Crippen MR) is 102 cm³/mol. The SMILES string of the molecule is CC(Oc1ccc(Cl)cc1Cl)C(=O)NC(=S)NNC(=O)c1cccs1. The van der Waals surface area contributed by atoms with Crippen LogP contribution in [0.25, 0.3) is 0 Å². The van der Waals surface area contributed by atoms with Crippen molar-refractivity contribution in [2.45, 2.75) is 13.0 Å². The van der Waals surface area contributed by atoms with Gasteiger partial charge >= 0.3 is 0 Å². The summed E-state index contributed by atoms with van der Waals surface area (Å²) in [5.41, 5.74) is 4.83. The van der Waals surface area contributed by atoms with Gasteiger partial charge < -0.3 is 4.74 Å². The minimum absolute atomic E-state index is 0.0624.